The van der Waals surface area contributed by atoms with Gasteiger partial charge in [-0.2, -0.15) is 0 Å². The van der Waals surface area contributed by atoms with Gasteiger partial charge in [0.15, 0.2) is 11.0 Å². The molecule has 0 atom stereocenters. The molecule has 0 spiro atoms. The molecule has 3 aromatic heterocycles. The number of thioether (sulfide) groups is 1. The van der Waals surface area contributed by atoms with E-state index >= 15 is 0 Å². The summed E-state index contributed by atoms with van der Waals surface area (Å²) in [4.78, 5) is 16.3. The molecule has 0 saturated heterocycles. The fraction of sp³-hybridized carbons (Fsp3) is 0.167. The maximum Gasteiger partial charge on any atom is 0.336 e. The minimum absolute atomic E-state index is 0.342. The lowest BCUT2D eigenvalue weighted by Gasteiger charge is -2.10. The Morgan fingerprint density at radius 1 is 1.03 bits per heavy atom. The molecule has 0 fully saturated rings. The van der Waals surface area contributed by atoms with E-state index in [-0.39, 0.29) is 5.63 Å². The summed E-state index contributed by atoms with van der Waals surface area (Å²) in [6.07, 6.45) is 4.48. The van der Waals surface area contributed by atoms with Gasteiger partial charge >= 0.3 is 5.63 Å². The Labute approximate surface area is 183 Å². The molecule has 0 unspecified atom stereocenters. The standard InChI is InChI=1S/C24H20N4O2S/c1-2-13-28-23(17-9-11-25-12-10-17)26-27-24(28)31-15-18-14-21(29)30-20-8-7-16-5-3-4-6-19(16)22(18)20/h3-12,14H,2,13,15H2,1H3. The zero-order valence-corrected chi connectivity index (χ0v) is 17.8. The van der Waals surface area contributed by atoms with Crippen LogP contribution in [0, 0.1) is 0 Å². The Hall–Kier alpha value is -3.45. The van der Waals surface area contributed by atoms with Crippen molar-refractivity contribution in [1.82, 2.24) is 19.7 Å². The van der Waals surface area contributed by atoms with Gasteiger partial charge in [0.25, 0.3) is 0 Å². The number of hydrogen-bond acceptors (Lipinski definition) is 6. The van der Waals surface area contributed by atoms with Crippen LogP contribution in [0.15, 0.2) is 81.4 Å². The van der Waals surface area contributed by atoms with E-state index in [0.29, 0.717) is 11.3 Å². The van der Waals surface area contributed by atoms with Gasteiger partial charge in [0, 0.05) is 41.7 Å². The molecular weight excluding hydrogens is 408 g/mol. The van der Waals surface area contributed by atoms with Gasteiger partial charge in [-0.25, -0.2) is 4.79 Å². The normalized spacial score (nSPS) is 11.4. The van der Waals surface area contributed by atoms with Crippen LogP contribution in [0.1, 0.15) is 18.9 Å². The number of benzene rings is 2. The van der Waals surface area contributed by atoms with E-state index in [1.165, 1.54) is 0 Å². The highest BCUT2D eigenvalue weighted by atomic mass is 32.2. The number of aromatic nitrogens is 4. The molecule has 3 heterocycles. The van der Waals surface area contributed by atoms with Crippen molar-refractivity contribution in [3.8, 4) is 11.4 Å². The Morgan fingerprint density at radius 2 is 1.87 bits per heavy atom. The number of nitrogens with zero attached hydrogens (tertiary/aromatic N) is 4. The summed E-state index contributed by atoms with van der Waals surface area (Å²) < 4.78 is 7.61. The fourth-order valence-electron chi connectivity index (χ4n) is 3.81. The molecule has 0 amide bonds. The van der Waals surface area contributed by atoms with Crippen LogP contribution in [0.2, 0.25) is 0 Å². The van der Waals surface area contributed by atoms with Gasteiger partial charge in [-0.15, -0.1) is 10.2 Å². The topological polar surface area (TPSA) is 73.8 Å². The van der Waals surface area contributed by atoms with Crippen LogP contribution in [0.25, 0.3) is 33.1 Å². The molecule has 5 rings (SSSR count). The molecule has 0 aliphatic carbocycles. The van der Waals surface area contributed by atoms with Crippen LogP contribution in [0.3, 0.4) is 0 Å². The quantitative estimate of drug-likeness (QED) is 0.207. The van der Waals surface area contributed by atoms with Crippen molar-refractivity contribution in [2.75, 3.05) is 0 Å². The lowest BCUT2D eigenvalue weighted by molar-refractivity contribution is 0.560. The number of hydrogen-bond donors (Lipinski definition) is 0. The van der Waals surface area contributed by atoms with Gasteiger partial charge in [0.1, 0.15) is 5.58 Å². The Morgan fingerprint density at radius 3 is 2.71 bits per heavy atom. The van der Waals surface area contributed by atoms with Crippen LogP contribution in [0.5, 0.6) is 0 Å². The average Bonchev–Trinajstić information content (AvgIpc) is 3.20. The van der Waals surface area contributed by atoms with E-state index < -0.39 is 0 Å². The molecule has 6 nitrogen and oxygen atoms in total. The van der Waals surface area contributed by atoms with Crippen LogP contribution >= 0.6 is 11.8 Å². The van der Waals surface area contributed by atoms with Crippen molar-refractivity contribution in [2.45, 2.75) is 30.8 Å². The fourth-order valence-corrected chi connectivity index (χ4v) is 4.76. The van der Waals surface area contributed by atoms with E-state index in [1.54, 1.807) is 30.2 Å². The van der Waals surface area contributed by atoms with E-state index in [1.807, 2.05) is 36.4 Å². The first-order chi connectivity index (χ1) is 15.2. The Bertz CT molecular complexity index is 1430. The third-order valence-electron chi connectivity index (χ3n) is 5.17. The summed E-state index contributed by atoms with van der Waals surface area (Å²) in [5.74, 6) is 1.42. The molecule has 0 radical (unpaired) electrons. The molecule has 154 valence electrons. The van der Waals surface area contributed by atoms with Crippen molar-refractivity contribution >= 4 is 33.5 Å². The van der Waals surface area contributed by atoms with Gasteiger partial charge in [-0.05, 0) is 41.0 Å². The highest BCUT2D eigenvalue weighted by molar-refractivity contribution is 7.98. The summed E-state index contributed by atoms with van der Waals surface area (Å²) in [6, 6.07) is 17.5. The first kappa shape index (κ1) is 19.5. The maximum atomic E-state index is 12.2. The first-order valence-electron chi connectivity index (χ1n) is 10.2. The molecule has 31 heavy (non-hydrogen) atoms. The van der Waals surface area contributed by atoms with Crippen molar-refractivity contribution in [3.05, 3.63) is 83.0 Å². The van der Waals surface area contributed by atoms with Gasteiger partial charge in [-0.3, -0.25) is 4.98 Å². The van der Waals surface area contributed by atoms with Crippen LogP contribution in [-0.2, 0) is 12.3 Å². The smallest absolute Gasteiger partial charge is 0.336 e. The lowest BCUT2D eigenvalue weighted by Crippen LogP contribution is -2.03. The molecule has 2 aromatic carbocycles. The van der Waals surface area contributed by atoms with Crippen LogP contribution in [0.4, 0.5) is 0 Å². The minimum Gasteiger partial charge on any atom is -0.423 e. The number of pyridine rings is 1. The second-order valence-electron chi connectivity index (χ2n) is 7.23. The van der Waals surface area contributed by atoms with E-state index in [2.05, 4.69) is 38.8 Å². The predicted octanol–water partition coefficient (Wildman–Crippen LogP) is 5.30. The van der Waals surface area contributed by atoms with Crippen molar-refractivity contribution in [1.29, 1.82) is 0 Å². The second-order valence-corrected chi connectivity index (χ2v) is 8.18. The SMILES string of the molecule is CCCn1c(SCc2cc(=O)oc3ccc4ccccc4c23)nnc1-c1ccncc1. The van der Waals surface area contributed by atoms with E-state index in [0.717, 1.165) is 51.2 Å². The summed E-state index contributed by atoms with van der Waals surface area (Å²) in [5, 5.41) is 12.9. The zero-order chi connectivity index (χ0) is 21.2. The highest BCUT2D eigenvalue weighted by Gasteiger charge is 2.16. The molecule has 7 heteroatoms. The summed E-state index contributed by atoms with van der Waals surface area (Å²) in [7, 11) is 0. The largest absolute Gasteiger partial charge is 0.423 e. The number of fused-ring (bicyclic) bond motifs is 3. The van der Waals surface area contributed by atoms with Gasteiger partial charge in [0.05, 0.1) is 0 Å². The zero-order valence-electron chi connectivity index (χ0n) is 17.0. The first-order valence-corrected chi connectivity index (χ1v) is 11.1. The summed E-state index contributed by atoms with van der Waals surface area (Å²) >= 11 is 1.58. The maximum absolute atomic E-state index is 12.2. The highest BCUT2D eigenvalue weighted by Crippen LogP contribution is 2.32. The molecule has 5 aromatic rings. The summed E-state index contributed by atoms with van der Waals surface area (Å²) in [6.45, 7) is 2.94. The third-order valence-corrected chi connectivity index (χ3v) is 6.19. The second kappa shape index (κ2) is 8.35. The van der Waals surface area contributed by atoms with Crippen molar-refractivity contribution in [3.63, 3.8) is 0 Å². The lowest BCUT2D eigenvalue weighted by atomic mass is 10.0. The average molecular weight is 429 g/mol. The molecule has 0 saturated carbocycles. The summed E-state index contributed by atoms with van der Waals surface area (Å²) in [5.41, 5.74) is 2.18. The van der Waals surface area contributed by atoms with Crippen LogP contribution < -0.4 is 5.63 Å². The molecule has 0 N–H and O–H groups in total. The van der Waals surface area contributed by atoms with Crippen LogP contribution in [-0.4, -0.2) is 19.7 Å². The third kappa shape index (κ3) is 3.72. The predicted molar refractivity (Wildman–Crippen MR) is 123 cm³/mol. The van der Waals surface area contributed by atoms with Crippen molar-refractivity contribution < 1.29 is 4.42 Å². The molecular formula is C24H20N4O2S. The molecule has 0 aliphatic rings. The monoisotopic (exact) mass is 428 g/mol. The Balaban J connectivity index is 1.55. The van der Waals surface area contributed by atoms with Gasteiger partial charge in [-0.1, -0.05) is 49.0 Å². The van der Waals surface area contributed by atoms with Crippen molar-refractivity contribution in [2.24, 2.45) is 0 Å². The molecule has 0 aliphatic heterocycles. The van der Waals surface area contributed by atoms with E-state index in [9.17, 15) is 4.79 Å². The molecule has 0 bridgehead atoms. The van der Waals surface area contributed by atoms with Gasteiger partial charge in [0.2, 0.25) is 0 Å². The van der Waals surface area contributed by atoms with E-state index in [4.69, 9.17) is 4.42 Å². The Kier molecular flexibility index (Phi) is 5.26. The number of rotatable bonds is 6. The van der Waals surface area contributed by atoms with Gasteiger partial charge < -0.3 is 8.98 Å². The minimum atomic E-state index is -0.342.